The highest BCUT2D eigenvalue weighted by molar-refractivity contribution is 7.13. The fraction of sp³-hybridized carbons (Fsp3) is 0.833. The Hall–Kier alpha value is -0.720. The van der Waals surface area contributed by atoms with Crippen molar-refractivity contribution in [2.24, 2.45) is 0 Å². The van der Waals surface area contributed by atoms with Crippen LogP contribution in [0.4, 0.5) is 5.13 Å². The lowest BCUT2D eigenvalue weighted by molar-refractivity contribution is -0.0117. The van der Waals surface area contributed by atoms with E-state index in [9.17, 15) is 0 Å². The fourth-order valence-electron chi connectivity index (χ4n) is 3.00. The molecule has 2 atom stereocenters. The first-order chi connectivity index (χ1) is 8.81. The molecule has 1 spiro atoms. The van der Waals surface area contributed by atoms with Gasteiger partial charge in [-0.15, -0.1) is 10.2 Å². The van der Waals surface area contributed by atoms with Gasteiger partial charge in [0.25, 0.3) is 0 Å². The summed E-state index contributed by atoms with van der Waals surface area (Å²) >= 11 is 1.60. The minimum atomic E-state index is -0.0241. The second-order valence-corrected chi connectivity index (χ2v) is 5.83. The molecule has 3 heterocycles. The van der Waals surface area contributed by atoms with E-state index in [2.05, 4.69) is 15.1 Å². The molecule has 1 aromatic heterocycles. The molecule has 18 heavy (non-hydrogen) atoms. The third-order valence-electron chi connectivity index (χ3n) is 3.74. The maximum absolute atomic E-state index is 6.06. The first kappa shape index (κ1) is 12.3. The summed E-state index contributed by atoms with van der Waals surface area (Å²) in [7, 11) is 0. The number of aromatic nitrogens is 2. The first-order valence-corrected chi connectivity index (χ1v) is 7.46. The van der Waals surface area contributed by atoms with Crippen molar-refractivity contribution in [3.8, 4) is 0 Å². The monoisotopic (exact) mass is 269 g/mol. The van der Waals surface area contributed by atoms with Crippen molar-refractivity contribution in [1.29, 1.82) is 0 Å². The van der Waals surface area contributed by atoms with Crippen LogP contribution in [0.5, 0.6) is 0 Å². The van der Waals surface area contributed by atoms with Gasteiger partial charge in [-0.1, -0.05) is 11.3 Å². The molecule has 3 rings (SSSR count). The minimum Gasteiger partial charge on any atom is -0.376 e. The highest BCUT2D eigenvalue weighted by Gasteiger charge is 2.44. The Kier molecular flexibility index (Phi) is 3.50. The zero-order valence-corrected chi connectivity index (χ0v) is 11.5. The molecule has 2 aliphatic rings. The van der Waals surface area contributed by atoms with Gasteiger partial charge in [-0.05, 0) is 19.8 Å². The second kappa shape index (κ2) is 5.11. The van der Waals surface area contributed by atoms with Crippen LogP contribution in [0, 0.1) is 0 Å². The van der Waals surface area contributed by atoms with E-state index >= 15 is 0 Å². The van der Waals surface area contributed by atoms with E-state index in [0.29, 0.717) is 0 Å². The molecule has 0 amide bonds. The Morgan fingerprint density at radius 1 is 1.67 bits per heavy atom. The van der Waals surface area contributed by atoms with Gasteiger partial charge in [0.2, 0.25) is 5.13 Å². The summed E-state index contributed by atoms with van der Waals surface area (Å²) in [5.41, 5.74) is 1.76. The van der Waals surface area contributed by atoms with E-state index in [1.807, 2.05) is 6.92 Å². The summed E-state index contributed by atoms with van der Waals surface area (Å²) in [4.78, 5) is 2.30. The third kappa shape index (κ3) is 2.37. The van der Waals surface area contributed by atoms with Crippen LogP contribution >= 0.6 is 11.3 Å². The van der Waals surface area contributed by atoms with Crippen LogP contribution < -0.4 is 4.90 Å². The highest BCUT2D eigenvalue weighted by Crippen LogP contribution is 2.37. The summed E-state index contributed by atoms with van der Waals surface area (Å²) in [5.74, 6) is 0. The Morgan fingerprint density at radius 3 is 3.39 bits per heavy atom. The van der Waals surface area contributed by atoms with Crippen molar-refractivity contribution in [1.82, 2.24) is 10.2 Å². The van der Waals surface area contributed by atoms with E-state index in [0.717, 1.165) is 50.7 Å². The summed E-state index contributed by atoms with van der Waals surface area (Å²) in [6.45, 7) is 5.52. The predicted octanol–water partition coefficient (Wildman–Crippen LogP) is 1.70. The standard InChI is InChI=1S/C12H19N3O2S/c1-2-16-10-6-12(17-7-10)4-3-5-15(8-12)11-14-13-9-18-11/h9-10H,2-8H2,1H3/t10-,12-/m1/s1. The van der Waals surface area contributed by atoms with E-state index < -0.39 is 0 Å². The van der Waals surface area contributed by atoms with E-state index in [1.54, 1.807) is 16.8 Å². The molecular weight excluding hydrogens is 250 g/mol. The maximum atomic E-state index is 6.06. The summed E-state index contributed by atoms with van der Waals surface area (Å²) in [5, 5.41) is 9.09. The van der Waals surface area contributed by atoms with Gasteiger partial charge in [0.1, 0.15) is 5.51 Å². The van der Waals surface area contributed by atoms with Crippen molar-refractivity contribution in [2.75, 3.05) is 31.2 Å². The lowest BCUT2D eigenvalue weighted by Crippen LogP contribution is -2.48. The Morgan fingerprint density at radius 2 is 2.61 bits per heavy atom. The fourth-order valence-corrected chi connectivity index (χ4v) is 3.58. The Labute approximate surface area is 111 Å². The molecule has 0 aliphatic carbocycles. The van der Waals surface area contributed by atoms with Crippen LogP contribution in [0.3, 0.4) is 0 Å². The molecule has 0 saturated carbocycles. The van der Waals surface area contributed by atoms with Crippen LogP contribution in [0.2, 0.25) is 0 Å². The van der Waals surface area contributed by atoms with Crippen LogP contribution in [0.1, 0.15) is 26.2 Å². The molecule has 2 fully saturated rings. The van der Waals surface area contributed by atoms with E-state index in [1.165, 1.54) is 0 Å². The number of ether oxygens (including phenoxy) is 2. The van der Waals surface area contributed by atoms with E-state index in [-0.39, 0.29) is 11.7 Å². The number of anilines is 1. The van der Waals surface area contributed by atoms with Crippen molar-refractivity contribution >= 4 is 16.5 Å². The minimum absolute atomic E-state index is 0.0241. The van der Waals surface area contributed by atoms with Gasteiger partial charge < -0.3 is 14.4 Å². The lowest BCUT2D eigenvalue weighted by Gasteiger charge is -2.39. The van der Waals surface area contributed by atoms with Crippen LogP contribution in [0.25, 0.3) is 0 Å². The van der Waals surface area contributed by atoms with Gasteiger partial charge in [-0.3, -0.25) is 0 Å². The molecule has 1 aromatic rings. The number of nitrogens with zero attached hydrogens (tertiary/aromatic N) is 3. The van der Waals surface area contributed by atoms with Crippen molar-refractivity contribution in [3.63, 3.8) is 0 Å². The molecule has 2 aliphatic heterocycles. The quantitative estimate of drug-likeness (QED) is 0.836. The van der Waals surface area contributed by atoms with Crippen LogP contribution in [-0.4, -0.2) is 48.2 Å². The summed E-state index contributed by atoms with van der Waals surface area (Å²) in [6, 6.07) is 0. The Balaban J connectivity index is 1.67. The van der Waals surface area contributed by atoms with Gasteiger partial charge in [-0.25, -0.2) is 0 Å². The van der Waals surface area contributed by atoms with Crippen LogP contribution in [0.15, 0.2) is 5.51 Å². The molecule has 0 aromatic carbocycles. The number of piperidine rings is 1. The van der Waals surface area contributed by atoms with Gasteiger partial charge in [0, 0.05) is 26.1 Å². The Bertz CT molecular complexity index is 387. The smallest absolute Gasteiger partial charge is 0.208 e. The zero-order valence-electron chi connectivity index (χ0n) is 10.7. The molecular formula is C12H19N3O2S. The number of hydrogen-bond donors (Lipinski definition) is 0. The molecule has 5 nitrogen and oxygen atoms in total. The summed E-state index contributed by atoms with van der Waals surface area (Å²) < 4.78 is 11.8. The molecule has 0 radical (unpaired) electrons. The average molecular weight is 269 g/mol. The maximum Gasteiger partial charge on any atom is 0.208 e. The van der Waals surface area contributed by atoms with E-state index in [4.69, 9.17) is 9.47 Å². The van der Waals surface area contributed by atoms with Crippen molar-refractivity contribution in [2.45, 2.75) is 37.9 Å². The average Bonchev–Trinajstić information content (AvgIpc) is 3.01. The van der Waals surface area contributed by atoms with Gasteiger partial charge in [0.15, 0.2) is 0 Å². The molecule has 100 valence electrons. The molecule has 0 unspecified atom stereocenters. The number of rotatable bonds is 3. The molecule has 0 N–H and O–H groups in total. The normalized spacial score (nSPS) is 32.3. The lowest BCUT2D eigenvalue weighted by atomic mass is 9.89. The summed E-state index contributed by atoms with van der Waals surface area (Å²) in [6.07, 6.45) is 3.56. The van der Waals surface area contributed by atoms with Gasteiger partial charge >= 0.3 is 0 Å². The third-order valence-corrected chi connectivity index (χ3v) is 4.49. The van der Waals surface area contributed by atoms with Gasteiger partial charge in [-0.2, -0.15) is 0 Å². The van der Waals surface area contributed by atoms with Gasteiger partial charge in [0.05, 0.1) is 18.3 Å². The highest BCUT2D eigenvalue weighted by atomic mass is 32.1. The topological polar surface area (TPSA) is 47.5 Å². The van der Waals surface area contributed by atoms with Crippen LogP contribution in [-0.2, 0) is 9.47 Å². The predicted molar refractivity (Wildman–Crippen MR) is 70.1 cm³/mol. The number of hydrogen-bond acceptors (Lipinski definition) is 6. The van der Waals surface area contributed by atoms with Crippen molar-refractivity contribution < 1.29 is 9.47 Å². The zero-order chi connectivity index (χ0) is 12.4. The molecule has 6 heteroatoms. The molecule has 0 bridgehead atoms. The van der Waals surface area contributed by atoms with Crippen molar-refractivity contribution in [3.05, 3.63) is 5.51 Å². The SMILES string of the molecule is CCO[C@H]1CO[C@]2(CCCN(c3nncs3)C2)C1. The largest absolute Gasteiger partial charge is 0.376 e. The first-order valence-electron chi connectivity index (χ1n) is 6.58. The second-order valence-electron chi connectivity index (χ2n) is 5.02. The molecule has 2 saturated heterocycles.